The van der Waals surface area contributed by atoms with E-state index < -0.39 is 0 Å². The highest BCUT2D eigenvalue weighted by Crippen LogP contribution is 2.32. The van der Waals surface area contributed by atoms with Crippen molar-refractivity contribution in [3.63, 3.8) is 0 Å². The van der Waals surface area contributed by atoms with Crippen molar-refractivity contribution >= 4 is 6.09 Å². The minimum absolute atomic E-state index is 0.147. The maximum Gasteiger partial charge on any atom is 0.409 e. The van der Waals surface area contributed by atoms with Gasteiger partial charge in [0.25, 0.3) is 0 Å². The van der Waals surface area contributed by atoms with Gasteiger partial charge >= 0.3 is 6.09 Å². The minimum atomic E-state index is -0.147. The third-order valence-electron chi connectivity index (χ3n) is 4.52. The Morgan fingerprint density at radius 3 is 2.48 bits per heavy atom. The maximum atomic E-state index is 11.7. The summed E-state index contributed by atoms with van der Waals surface area (Å²) in [5, 5.41) is 0. The number of hydrogen-bond acceptors (Lipinski definition) is 2. The Morgan fingerprint density at radius 2 is 1.90 bits per heavy atom. The molecular formula is C18H27NO2. The van der Waals surface area contributed by atoms with Gasteiger partial charge in [-0.3, -0.25) is 0 Å². The van der Waals surface area contributed by atoms with E-state index in [1.807, 2.05) is 11.8 Å². The monoisotopic (exact) mass is 289 g/mol. The van der Waals surface area contributed by atoms with E-state index in [0.717, 1.165) is 31.8 Å². The average molecular weight is 289 g/mol. The van der Waals surface area contributed by atoms with Crippen LogP contribution in [0, 0.1) is 5.92 Å². The zero-order chi connectivity index (χ0) is 15.1. The second-order valence-electron chi connectivity index (χ2n) is 5.88. The summed E-state index contributed by atoms with van der Waals surface area (Å²) in [6, 6.07) is 10.8. The Bertz CT molecular complexity index is 424. The fraction of sp³-hybridized carbons (Fsp3) is 0.611. The van der Waals surface area contributed by atoms with Crippen LogP contribution in [0.2, 0.25) is 0 Å². The Labute approximate surface area is 128 Å². The van der Waals surface area contributed by atoms with Crippen molar-refractivity contribution < 1.29 is 9.53 Å². The van der Waals surface area contributed by atoms with Gasteiger partial charge in [-0.15, -0.1) is 0 Å². The van der Waals surface area contributed by atoms with Crippen molar-refractivity contribution in [3.05, 3.63) is 35.9 Å². The van der Waals surface area contributed by atoms with Crippen molar-refractivity contribution in [1.29, 1.82) is 0 Å². The van der Waals surface area contributed by atoms with Crippen molar-refractivity contribution in [2.75, 3.05) is 19.7 Å². The van der Waals surface area contributed by atoms with Crippen LogP contribution in [0.5, 0.6) is 0 Å². The number of hydrogen-bond donors (Lipinski definition) is 0. The van der Waals surface area contributed by atoms with Crippen LogP contribution in [0.15, 0.2) is 30.3 Å². The molecule has 1 aromatic carbocycles. The standard InChI is InChI=1S/C18H27NO2/c1-3-16(17-8-6-5-7-9-17)14-15-10-12-19(13-11-15)18(20)21-4-2/h5-9,15-16H,3-4,10-14H2,1-2H3/t16-/m0/s1. The van der Waals surface area contributed by atoms with Gasteiger partial charge in [0.15, 0.2) is 0 Å². The number of nitrogens with zero attached hydrogens (tertiary/aromatic N) is 1. The molecule has 0 radical (unpaired) electrons. The highest BCUT2D eigenvalue weighted by atomic mass is 16.6. The van der Waals surface area contributed by atoms with E-state index in [0.29, 0.717) is 12.5 Å². The van der Waals surface area contributed by atoms with Gasteiger partial charge in [0.1, 0.15) is 0 Å². The molecule has 0 spiro atoms. The minimum Gasteiger partial charge on any atom is -0.450 e. The Kier molecular flexibility index (Phi) is 6.09. The van der Waals surface area contributed by atoms with Crippen LogP contribution in [-0.2, 0) is 4.74 Å². The summed E-state index contributed by atoms with van der Waals surface area (Å²) < 4.78 is 5.08. The summed E-state index contributed by atoms with van der Waals surface area (Å²) in [6.45, 7) is 6.27. The molecular weight excluding hydrogens is 262 g/mol. The first-order valence-corrected chi connectivity index (χ1v) is 8.21. The molecule has 1 saturated heterocycles. The van der Waals surface area contributed by atoms with Crippen LogP contribution < -0.4 is 0 Å². The fourth-order valence-corrected chi connectivity index (χ4v) is 3.23. The zero-order valence-corrected chi connectivity index (χ0v) is 13.3. The lowest BCUT2D eigenvalue weighted by Gasteiger charge is -2.33. The first kappa shape index (κ1) is 15.9. The number of benzene rings is 1. The predicted molar refractivity (Wildman–Crippen MR) is 85.4 cm³/mol. The van der Waals surface area contributed by atoms with Crippen LogP contribution in [0.25, 0.3) is 0 Å². The number of ether oxygens (including phenoxy) is 1. The first-order chi connectivity index (χ1) is 10.2. The molecule has 2 rings (SSSR count). The molecule has 1 heterocycles. The van der Waals surface area contributed by atoms with Gasteiger partial charge in [-0.2, -0.15) is 0 Å². The second-order valence-corrected chi connectivity index (χ2v) is 5.88. The van der Waals surface area contributed by atoms with Crippen molar-refractivity contribution in [1.82, 2.24) is 4.90 Å². The third-order valence-corrected chi connectivity index (χ3v) is 4.52. The number of likely N-dealkylation sites (tertiary alicyclic amines) is 1. The van der Waals surface area contributed by atoms with E-state index in [4.69, 9.17) is 4.74 Å². The van der Waals surface area contributed by atoms with Crippen molar-refractivity contribution in [2.24, 2.45) is 5.92 Å². The van der Waals surface area contributed by atoms with E-state index >= 15 is 0 Å². The molecule has 0 bridgehead atoms. The van der Waals surface area contributed by atoms with Gasteiger partial charge in [0, 0.05) is 13.1 Å². The molecule has 1 atom stereocenters. The van der Waals surface area contributed by atoms with E-state index in [9.17, 15) is 4.79 Å². The Balaban J connectivity index is 1.83. The molecule has 0 unspecified atom stereocenters. The number of amides is 1. The molecule has 21 heavy (non-hydrogen) atoms. The molecule has 0 aliphatic carbocycles. The molecule has 0 N–H and O–H groups in total. The zero-order valence-electron chi connectivity index (χ0n) is 13.3. The molecule has 116 valence electrons. The molecule has 0 saturated carbocycles. The predicted octanol–water partition coefficient (Wildman–Crippen LogP) is 4.44. The summed E-state index contributed by atoms with van der Waals surface area (Å²) in [7, 11) is 0. The van der Waals surface area contributed by atoms with Gasteiger partial charge in [-0.25, -0.2) is 4.79 Å². The maximum absolute atomic E-state index is 11.7. The van der Waals surface area contributed by atoms with Gasteiger partial charge < -0.3 is 9.64 Å². The van der Waals surface area contributed by atoms with Gasteiger partial charge in [-0.05, 0) is 50.0 Å². The van der Waals surface area contributed by atoms with Crippen LogP contribution in [-0.4, -0.2) is 30.7 Å². The molecule has 1 aliphatic heterocycles. The van der Waals surface area contributed by atoms with Crippen LogP contribution in [0.3, 0.4) is 0 Å². The highest BCUT2D eigenvalue weighted by molar-refractivity contribution is 5.67. The third kappa shape index (κ3) is 4.48. The van der Waals surface area contributed by atoms with Crippen molar-refractivity contribution in [2.45, 2.75) is 45.4 Å². The van der Waals surface area contributed by atoms with Gasteiger partial charge in [0.2, 0.25) is 0 Å². The van der Waals surface area contributed by atoms with E-state index in [2.05, 4.69) is 37.3 Å². The summed E-state index contributed by atoms with van der Waals surface area (Å²) in [6.07, 6.45) is 4.47. The lowest BCUT2D eigenvalue weighted by molar-refractivity contribution is 0.0901. The largest absolute Gasteiger partial charge is 0.450 e. The molecule has 3 heteroatoms. The molecule has 1 fully saturated rings. The van der Waals surface area contributed by atoms with Crippen LogP contribution in [0.4, 0.5) is 4.79 Å². The van der Waals surface area contributed by atoms with Crippen LogP contribution >= 0.6 is 0 Å². The number of carbonyl (C=O) groups excluding carboxylic acids is 1. The quantitative estimate of drug-likeness (QED) is 0.802. The molecule has 3 nitrogen and oxygen atoms in total. The van der Waals surface area contributed by atoms with Crippen LogP contribution in [0.1, 0.15) is 51.0 Å². The number of rotatable bonds is 5. The molecule has 1 aliphatic rings. The lowest BCUT2D eigenvalue weighted by atomic mass is 9.83. The van der Waals surface area contributed by atoms with E-state index in [-0.39, 0.29) is 6.09 Å². The molecule has 0 aromatic heterocycles. The number of piperidine rings is 1. The fourth-order valence-electron chi connectivity index (χ4n) is 3.23. The lowest BCUT2D eigenvalue weighted by Crippen LogP contribution is -2.39. The topological polar surface area (TPSA) is 29.5 Å². The van der Waals surface area contributed by atoms with Gasteiger partial charge in [-0.1, -0.05) is 37.3 Å². The van der Waals surface area contributed by atoms with Crippen molar-refractivity contribution in [3.8, 4) is 0 Å². The SMILES string of the molecule is CCOC(=O)N1CCC(C[C@H](CC)c2ccccc2)CC1. The Morgan fingerprint density at radius 1 is 1.24 bits per heavy atom. The molecule has 1 amide bonds. The van der Waals surface area contributed by atoms with E-state index in [1.165, 1.54) is 18.4 Å². The Hall–Kier alpha value is -1.51. The summed E-state index contributed by atoms with van der Waals surface area (Å²) in [5.41, 5.74) is 1.45. The summed E-state index contributed by atoms with van der Waals surface area (Å²) in [5.74, 6) is 1.37. The normalized spacial score (nSPS) is 17.5. The molecule has 1 aromatic rings. The highest BCUT2D eigenvalue weighted by Gasteiger charge is 2.25. The second kappa shape index (κ2) is 8.06. The van der Waals surface area contributed by atoms with Gasteiger partial charge in [0.05, 0.1) is 6.61 Å². The summed E-state index contributed by atoms with van der Waals surface area (Å²) in [4.78, 5) is 13.6. The van der Waals surface area contributed by atoms with E-state index in [1.54, 1.807) is 0 Å². The summed E-state index contributed by atoms with van der Waals surface area (Å²) >= 11 is 0. The smallest absolute Gasteiger partial charge is 0.409 e. The number of carbonyl (C=O) groups is 1. The first-order valence-electron chi connectivity index (χ1n) is 8.21. The average Bonchev–Trinajstić information content (AvgIpc) is 2.54.